The van der Waals surface area contributed by atoms with Crippen molar-refractivity contribution in [2.24, 2.45) is 46.2 Å². The van der Waals surface area contributed by atoms with Crippen molar-refractivity contribution in [2.75, 3.05) is 6.54 Å². The highest BCUT2D eigenvalue weighted by molar-refractivity contribution is 6.37. The fourth-order valence-electron chi connectivity index (χ4n) is 8.17. The third-order valence-corrected chi connectivity index (χ3v) is 11.5. The lowest BCUT2D eigenvalue weighted by Gasteiger charge is -2.38. The summed E-state index contributed by atoms with van der Waals surface area (Å²) in [4.78, 5) is 81.1. The Labute approximate surface area is 266 Å². The Kier molecular flexibility index (Phi) is 9.40. The molecule has 5 rings (SSSR count). The molecule has 1 aliphatic heterocycles. The van der Waals surface area contributed by atoms with Gasteiger partial charge in [-0.25, -0.2) is 4.79 Å². The van der Waals surface area contributed by atoms with Crippen molar-refractivity contribution in [1.82, 2.24) is 20.9 Å². The number of rotatable bonds is 12. The second kappa shape index (κ2) is 12.7. The van der Waals surface area contributed by atoms with Crippen LogP contribution in [0.3, 0.4) is 0 Å². The quantitative estimate of drug-likeness (QED) is 0.243. The maximum atomic E-state index is 14.3. The molecular formula is C34H53N5O6. The molecular weight excluding hydrogens is 574 g/mol. The second-order valence-corrected chi connectivity index (χ2v) is 16.2. The summed E-state index contributed by atoms with van der Waals surface area (Å²) in [5.74, 6) is -2.34. The van der Waals surface area contributed by atoms with E-state index >= 15 is 0 Å². The zero-order chi connectivity index (χ0) is 32.8. The van der Waals surface area contributed by atoms with Crippen molar-refractivity contribution in [2.45, 2.75) is 129 Å². The molecule has 4 saturated carbocycles. The lowest BCUT2D eigenvalue weighted by molar-refractivity contribution is -0.145. The minimum atomic E-state index is -1.08. The van der Waals surface area contributed by atoms with Gasteiger partial charge in [-0.2, -0.15) is 0 Å². The molecule has 1 saturated heterocycles. The van der Waals surface area contributed by atoms with E-state index in [1.165, 1.54) is 0 Å². The Morgan fingerprint density at radius 1 is 0.867 bits per heavy atom. The summed E-state index contributed by atoms with van der Waals surface area (Å²) in [6, 6.07) is -3.95. The van der Waals surface area contributed by atoms with Crippen LogP contribution in [-0.2, 0) is 24.0 Å². The Bertz CT molecular complexity index is 1210. The Balaban J connectivity index is 1.32. The predicted molar refractivity (Wildman–Crippen MR) is 167 cm³/mol. The van der Waals surface area contributed by atoms with E-state index in [9.17, 15) is 28.8 Å². The van der Waals surface area contributed by atoms with Gasteiger partial charge in [-0.05, 0) is 66.6 Å². The molecule has 45 heavy (non-hydrogen) atoms. The highest BCUT2D eigenvalue weighted by Gasteiger charge is 2.70. The predicted octanol–water partition coefficient (Wildman–Crippen LogP) is 2.84. The van der Waals surface area contributed by atoms with Crippen LogP contribution in [0.2, 0.25) is 0 Å². The molecule has 5 fully saturated rings. The monoisotopic (exact) mass is 627 g/mol. The molecule has 11 heteroatoms. The standard InChI is InChI=1S/C34H53N5O6/c1-33(2,3)28(38-32(45)37-24(26(40)20-14-15-20)19-12-7-6-8-13-19)31(44)39-17-21-23(34(21,4)5)25(39)30(43)36-22(27(41)29(35)42)16-18-10-9-11-18/h18-25,28H,6-17H2,1-5H3,(H2,35,42)(H,36,43)(H2,37,38,45)/t21-,22?,23-,24-,25-,28+/m0/s1. The van der Waals surface area contributed by atoms with Gasteiger partial charge in [0.15, 0.2) is 5.78 Å². The highest BCUT2D eigenvalue weighted by Crippen LogP contribution is 2.65. The van der Waals surface area contributed by atoms with Crippen molar-refractivity contribution in [1.29, 1.82) is 0 Å². The number of piperidine rings is 1. The summed E-state index contributed by atoms with van der Waals surface area (Å²) >= 11 is 0. The van der Waals surface area contributed by atoms with E-state index in [4.69, 9.17) is 5.73 Å². The van der Waals surface area contributed by atoms with Gasteiger partial charge in [0.05, 0.1) is 12.1 Å². The first-order valence-corrected chi connectivity index (χ1v) is 17.2. The van der Waals surface area contributed by atoms with Crippen LogP contribution >= 0.6 is 0 Å². The van der Waals surface area contributed by atoms with Gasteiger partial charge in [-0.15, -0.1) is 0 Å². The van der Waals surface area contributed by atoms with Crippen molar-refractivity contribution in [3.63, 3.8) is 0 Å². The van der Waals surface area contributed by atoms with E-state index in [-0.39, 0.29) is 46.7 Å². The molecule has 0 spiro atoms. The number of fused-ring (bicyclic) bond motifs is 1. The second-order valence-electron chi connectivity index (χ2n) is 16.2. The fraction of sp³-hybridized carbons (Fsp3) is 0.824. The van der Waals surface area contributed by atoms with Crippen LogP contribution in [0, 0.1) is 40.4 Å². The number of nitrogens with two attached hydrogens (primary N) is 1. The number of likely N-dealkylation sites (tertiary alicyclic amines) is 1. The van der Waals surface area contributed by atoms with E-state index in [2.05, 4.69) is 29.8 Å². The summed E-state index contributed by atoms with van der Waals surface area (Å²) in [5.41, 5.74) is 4.46. The summed E-state index contributed by atoms with van der Waals surface area (Å²) < 4.78 is 0. The third-order valence-electron chi connectivity index (χ3n) is 11.5. The summed E-state index contributed by atoms with van der Waals surface area (Å²) in [6.07, 6.45) is 9.97. The number of hydrogen-bond donors (Lipinski definition) is 4. The van der Waals surface area contributed by atoms with E-state index in [0.717, 1.165) is 64.2 Å². The van der Waals surface area contributed by atoms with E-state index in [1.54, 1.807) is 4.90 Å². The molecule has 5 aliphatic rings. The van der Waals surface area contributed by atoms with Crippen molar-refractivity contribution in [3.05, 3.63) is 0 Å². The number of carbonyl (C=O) groups is 6. The first kappa shape index (κ1) is 33.4. The number of ketones is 2. The largest absolute Gasteiger partial charge is 0.363 e. The van der Waals surface area contributed by atoms with E-state index in [1.807, 2.05) is 20.8 Å². The first-order valence-electron chi connectivity index (χ1n) is 17.2. The Morgan fingerprint density at radius 3 is 2.04 bits per heavy atom. The van der Waals surface area contributed by atoms with E-state index < -0.39 is 53.2 Å². The van der Waals surface area contributed by atoms with Gasteiger partial charge in [0.2, 0.25) is 17.6 Å². The molecule has 4 aliphatic carbocycles. The van der Waals surface area contributed by atoms with Crippen LogP contribution in [0.25, 0.3) is 0 Å². The average Bonchev–Trinajstić information content (AvgIpc) is 3.83. The maximum absolute atomic E-state index is 14.3. The van der Waals surface area contributed by atoms with Crippen LogP contribution in [0.1, 0.15) is 105 Å². The number of amides is 5. The lowest BCUT2D eigenvalue weighted by atomic mass is 9.80. The van der Waals surface area contributed by atoms with Crippen LogP contribution in [0.4, 0.5) is 4.79 Å². The number of carbonyl (C=O) groups excluding carboxylic acids is 6. The van der Waals surface area contributed by atoms with Gasteiger partial charge in [-0.1, -0.05) is 73.1 Å². The summed E-state index contributed by atoms with van der Waals surface area (Å²) in [6.45, 7) is 10.1. The van der Waals surface area contributed by atoms with Crippen LogP contribution < -0.4 is 21.7 Å². The molecule has 11 nitrogen and oxygen atoms in total. The van der Waals surface area contributed by atoms with Crippen molar-refractivity contribution >= 4 is 35.3 Å². The number of nitrogens with zero attached hydrogens (tertiary/aromatic N) is 1. The molecule has 1 unspecified atom stereocenters. The molecule has 0 bridgehead atoms. The Hall–Kier alpha value is -2.98. The molecule has 0 aromatic heterocycles. The van der Waals surface area contributed by atoms with Crippen molar-refractivity contribution in [3.8, 4) is 0 Å². The van der Waals surface area contributed by atoms with Gasteiger partial charge >= 0.3 is 6.03 Å². The van der Waals surface area contributed by atoms with Crippen LogP contribution in [-0.4, -0.2) is 70.9 Å². The smallest absolute Gasteiger partial charge is 0.316 e. The van der Waals surface area contributed by atoms with Crippen LogP contribution in [0.5, 0.6) is 0 Å². The number of hydrogen-bond acceptors (Lipinski definition) is 6. The topological polar surface area (TPSA) is 168 Å². The number of primary amides is 1. The van der Waals surface area contributed by atoms with Gasteiger partial charge < -0.3 is 26.6 Å². The lowest BCUT2D eigenvalue weighted by Crippen LogP contribution is -2.62. The molecule has 0 radical (unpaired) electrons. The molecule has 0 aromatic carbocycles. The highest BCUT2D eigenvalue weighted by atomic mass is 16.2. The molecule has 250 valence electrons. The number of urea groups is 1. The van der Waals surface area contributed by atoms with Gasteiger partial charge in [0.25, 0.3) is 5.91 Å². The molecule has 1 heterocycles. The summed E-state index contributed by atoms with van der Waals surface area (Å²) in [7, 11) is 0. The third kappa shape index (κ3) is 7.07. The SMILES string of the molecule is CC(C)(C)[C@H](NC(=O)N[C@H](C(=O)C1CC1)C1CCCCC1)C(=O)N1C[C@H]2[C@@H]([C@H]1C(=O)NC(CC1CCC1)C(=O)C(N)=O)C2(C)C. The van der Waals surface area contributed by atoms with Gasteiger partial charge in [0, 0.05) is 12.5 Å². The van der Waals surface area contributed by atoms with Crippen LogP contribution in [0.15, 0.2) is 0 Å². The number of Topliss-reactive ketones (excluding diaryl/α,β-unsaturated/α-hetero) is 2. The minimum absolute atomic E-state index is 0.00536. The molecule has 5 amide bonds. The summed E-state index contributed by atoms with van der Waals surface area (Å²) in [5, 5.41) is 8.68. The molecule has 5 N–H and O–H groups in total. The molecule has 6 atom stereocenters. The zero-order valence-electron chi connectivity index (χ0n) is 27.7. The normalized spacial score (nSPS) is 28.1. The van der Waals surface area contributed by atoms with Crippen molar-refractivity contribution < 1.29 is 28.8 Å². The Morgan fingerprint density at radius 2 is 1.51 bits per heavy atom. The minimum Gasteiger partial charge on any atom is -0.363 e. The molecule has 0 aromatic rings. The zero-order valence-corrected chi connectivity index (χ0v) is 27.7. The van der Waals surface area contributed by atoms with Gasteiger partial charge in [-0.3, -0.25) is 24.0 Å². The first-order chi connectivity index (χ1) is 21.1. The maximum Gasteiger partial charge on any atom is 0.316 e. The van der Waals surface area contributed by atoms with Gasteiger partial charge in [0.1, 0.15) is 12.1 Å². The number of nitrogens with one attached hydrogen (secondary N) is 3. The average molecular weight is 628 g/mol. The van der Waals surface area contributed by atoms with E-state index in [0.29, 0.717) is 13.0 Å². The fourth-order valence-corrected chi connectivity index (χ4v) is 8.17.